The average molecular weight is 169 g/mol. The molecule has 0 fully saturated rings. The first-order chi connectivity index (χ1) is 5.63. The van der Waals surface area contributed by atoms with Crippen molar-refractivity contribution in [3.8, 4) is 0 Å². The number of amides is 1. The summed E-state index contributed by atoms with van der Waals surface area (Å²) >= 11 is 0. The second-order valence-electron chi connectivity index (χ2n) is 2.55. The summed E-state index contributed by atoms with van der Waals surface area (Å²) in [5, 5.41) is 1.27. The van der Waals surface area contributed by atoms with Crippen molar-refractivity contribution in [1.82, 2.24) is 5.06 Å². The monoisotopic (exact) mass is 169 g/mol. The van der Waals surface area contributed by atoms with Crippen LogP contribution in [0.2, 0.25) is 0 Å². The lowest BCUT2D eigenvalue weighted by Gasteiger charge is -2.23. The van der Waals surface area contributed by atoms with Gasteiger partial charge in [0, 0.05) is 0 Å². The number of carbonyl (C=O) groups excluding carboxylic acids is 1. The van der Waals surface area contributed by atoms with E-state index in [0.717, 1.165) is 0 Å². The average Bonchev–Trinajstić information content (AvgIpc) is 2.04. The maximum absolute atomic E-state index is 11.1. The highest BCUT2D eigenvalue weighted by molar-refractivity contribution is 5.86. The Hall–Kier alpha value is -1.09. The molecule has 0 spiro atoms. The van der Waals surface area contributed by atoms with Gasteiger partial charge in [0.1, 0.15) is 0 Å². The number of hydrogen-bond donors (Lipinski definition) is 0. The number of carbonyl (C=O) groups is 1. The first-order valence-electron chi connectivity index (χ1n) is 3.83. The highest BCUT2D eigenvalue weighted by Gasteiger charge is 2.13. The van der Waals surface area contributed by atoms with Crippen LogP contribution in [0.4, 0.5) is 0 Å². The van der Waals surface area contributed by atoms with E-state index < -0.39 is 0 Å². The third-order valence-electron chi connectivity index (χ3n) is 1.19. The first-order valence-corrected chi connectivity index (χ1v) is 3.83. The highest BCUT2D eigenvalue weighted by atomic mass is 16.7. The van der Waals surface area contributed by atoms with Crippen LogP contribution in [0.3, 0.4) is 0 Å². The van der Waals surface area contributed by atoms with E-state index in [2.05, 4.69) is 13.2 Å². The molecule has 1 amide bonds. The molecule has 0 atom stereocenters. The van der Waals surface area contributed by atoms with Gasteiger partial charge in [-0.2, -0.15) is 0 Å². The minimum Gasteiger partial charge on any atom is -0.267 e. The van der Waals surface area contributed by atoms with E-state index in [9.17, 15) is 4.79 Å². The number of hydroxylamine groups is 2. The van der Waals surface area contributed by atoms with Crippen molar-refractivity contribution in [2.45, 2.75) is 19.9 Å². The molecule has 3 heteroatoms. The van der Waals surface area contributed by atoms with Crippen molar-refractivity contribution < 1.29 is 9.63 Å². The fourth-order valence-electron chi connectivity index (χ4n) is 0.690. The maximum atomic E-state index is 11.1. The molecule has 68 valence electrons. The molecule has 0 aromatic rings. The SMILES string of the molecule is C=CCON(C(=O)C=C)C(C)C. The molecule has 0 rings (SSSR count). The molecule has 0 saturated carbocycles. The second kappa shape index (κ2) is 5.55. The molecule has 0 aliphatic heterocycles. The van der Waals surface area contributed by atoms with Gasteiger partial charge in [0.25, 0.3) is 5.91 Å². The summed E-state index contributed by atoms with van der Waals surface area (Å²) in [7, 11) is 0. The number of hydrogen-bond acceptors (Lipinski definition) is 2. The van der Waals surface area contributed by atoms with Crippen molar-refractivity contribution in [3.63, 3.8) is 0 Å². The van der Waals surface area contributed by atoms with Crippen LogP contribution >= 0.6 is 0 Å². The Morgan fingerprint density at radius 2 is 2.17 bits per heavy atom. The minimum absolute atomic E-state index is 0.00968. The highest BCUT2D eigenvalue weighted by Crippen LogP contribution is 2.00. The lowest BCUT2D eigenvalue weighted by Crippen LogP contribution is -2.35. The Morgan fingerprint density at radius 3 is 2.50 bits per heavy atom. The van der Waals surface area contributed by atoms with E-state index in [-0.39, 0.29) is 11.9 Å². The molecule has 0 bridgehead atoms. The fraction of sp³-hybridized carbons (Fsp3) is 0.444. The largest absolute Gasteiger partial charge is 0.269 e. The Labute approximate surface area is 73.3 Å². The van der Waals surface area contributed by atoms with Crippen LogP contribution in [0, 0.1) is 0 Å². The summed E-state index contributed by atoms with van der Waals surface area (Å²) in [6, 6.07) is 0.00968. The Kier molecular flexibility index (Phi) is 5.04. The van der Waals surface area contributed by atoms with Gasteiger partial charge in [0.15, 0.2) is 0 Å². The van der Waals surface area contributed by atoms with Crippen molar-refractivity contribution in [1.29, 1.82) is 0 Å². The Bertz CT molecular complexity index is 175. The molecule has 0 aliphatic carbocycles. The molecule has 0 heterocycles. The fourth-order valence-corrected chi connectivity index (χ4v) is 0.690. The molecule has 0 aromatic carbocycles. The van der Waals surface area contributed by atoms with Gasteiger partial charge >= 0.3 is 0 Å². The van der Waals surface area contributed by atoms with Crippen molar-refractivity contribution in [2.75, 3.05) is 6.61 Å². The number of nitrogens with zero attached hydrogens (tertiary/aromatic N) is 1. The van der Waals surface area contributed by atoms with Crippen LogP contribution in [0.15, 0.2) is 25.3 Å². The quantitative estimate of drug-likeness (QED) is 0.355. The molecular formula is C9H15NO2. The normalized spacial score (nSPS) is 9.58. The third-order valence-corrected chi connectivity index (χ3v) is 1.19. The van der Waals surface area contributed by atoms with Gasteiger partial charge in [-0.3, -0.25) is 9.63 Å². The van der Waals surface area contributed by atoms with Crippen molar-refractivity contribution >= 4 is 5.91 Å². The third kappa shape index (κ3) is 3.34. The smallest absolute Gasteiger partial charge is 0.267 e. The second-order valence-corrected chi connectivity index (χ2v) is 2.55. The zero-order valence-electron chi connectivity index (χ0n) is 7.62. The van der Waals surface area contributed by atoms with E-state index in [1.807, 2.05) is 13.8 Å². The minimum atomic E-state index is -0.230. The molecule has 0 aromatic heterocycles. The van der Waals surface area contributed by atoms with Gasteiger partial charge in [-0.05, 0) is 19.9 Å². The number of rotatable bonds is 5. The van der Waals surface area contributed by atoms with Gasteiger partial charge in [-0.25, -0.2) is 5.06 Å². The van der Waals surface area contributed by atoms with E-state index >= 15 is 0 Å². The lowest BCUT2D eigenvalue weighted by atomic mass is 10.4. The first kappa shape index (κ1) is 10.9. The zero-order chi connectivity index (χ0) is 9.56. The summed E-state index contributed by atoms with van der Waals surface area (Å²) in [6.45, 7) is 10.9. The summed E-state index contributed by atoms with van der Waals surface area (Å²) in [5.74, 6) is -0.230. The topological polar surface area (TPSA) is 29.5 Å². The van der Waals surface area contributed by atoms with E-state index in [4.69, 9.17) is 4.84 Å². The summed E-state index contributed by atoms with van der Waals surface area (Å²) in [6.07, 6.45) is 2.81. The summed E-state index contributed by atoms with van der Waals surface area (Å²) < 4.78 is 0. The van der Waals surface area contributed by atoms with Crippen molar-refractivity contribution in [2.24, 2.45) is 0 Å². The van der Waals surface area contributed by atoms with Crippen LogP contribution in [-0.4, -0.2) is 23.6 Å². The molecule has 0 aliphatic rings. The Morgan fingerprint density at radius 1 is 1.58 bits per heavy atom. The van der Waals surface area contributed by atoms with Crippen LogP contribution in [0.1, 0.15) is 13.8 Å². The van der Waals surface area contributed by atoms with E-state index in [0.29, 0.717) is 6.61 Å². The van der Waals surface area contributed by atoms with E-state index in [1.54, 1.807) is 6.08 Å². The summed E-state index contributed by atoms with van der Waals surface area (Å²) in [4.78, 5) is 16.2. The zero-order valence-corrected chi connectivity index (χ0v) is 7.62. The molecule has 0 unspecified atom stereocenters. The molecule has 0 N–H and O–H groups in total. The maximum Gasteiger partial charge on any atom is 0.269 e. The van der Waals surface area contributed by atoms with Gasteiger partial charge in [0.05, 0.1) is 12.6 Å². The van der Waals surface area contributed by atoms with Crippen molar-refractivity contribution in [3.05, 3.63) is 25.3 Å². The molecule has 12 heavy (non-hydrogen) atoms. The lowest BCUT2D eigenvalue weighted by molar-refractivity contribution is -0.186. The summed E-state index contributed by atoms with van der Waals surface area (Å²) in [5.41, 5.74) is 0. The van der Waals surface area contributed by atoms with Crippen LogP contribution in [0.5, 0.6) is 0 Å². The van der Waals surface area contributed by atoms with Gasteiger partial charge in [-0.15, -0.1) is 6.58 Å². The molecule has 0 radical (unpaired) electrons. The Balaban J connectivity index is 4.12. The predicted molar refractivity (Wildman–Crippen MR) is 48.3 cm³/mol. The molecule has 0 saturated heterocycles. The standard InChI is InChI=1S/C9H15NO2/c1-5-7-12-10(8(3)4)9(11)6-2/h5-6,8H,1-2,7H2,3-4H3. The molecule has 3 nitrogen and oxygen atoms in total. The van der Waals surface area contributed by atoms with E-state index in [1.165, 1.54) is 11.1 Å². The molecular weight excluding hydrogens is 154 g/mol. The van der Waals surface area contributed by atoms with Gasteiger partial charge < -0.3 is 0 Å². The predicted octanol–water partition coefficient (Wildman–Crippen LogP) is 1.53. The van der Waals surface area contributed by atoms with Crippen LogP contribution < -0.4 is 0 Å². The van der Waals surface area contributed by atoms with Crippen LogP contribution in [0.25, 0.3) is 0 Å². The van der Waals surface area contributed by atoms with Crippen LogP contribution in [-0.2, 0) is 9.63 Å². The van der Waals surface area contributed by atoms with Gasteiger partial charge in [-0.1, -0.05) is 12.7 Å². The van der Waals surface area contributed by atoms with Gasteiger partial charge in [0.2, 0.25) is 0 Å².